The molecule has 3 N–H and O–H groups in total. The number of nitrogens with zero attached hydrogens (tertiary/aromatic N) is 1. The van der Waals surface area contributed by atoms with Gasteiger partial charge in [-0.25, -0.2) is 0 Å². The summed E-state index contributed by atoms with van der Waals surface area (Å²) in [4.78, 5) is 3.37. The van der Waals surface area contributed by atoms with Gasteiger partial charge in [-0.2, -0.15) is 0 Å². The van der Waals surface area contributed by atoms with E-state index >= 15 is 0 Å². The number of aliphatic hydroxyl groups excluding tert-OH is 3. The van der Waals surface area contributed by atoms with E-state index in [1.165, 1.54) is 12.7 Å². The lowest BCUT2D eigenvalue weighted by Gasteiger charge is -2.47. The van der Waals surface area contributed by atoms with Gasteiger partial charge in [-0.1, -0.05) is 48.5 Å². The molecule has 0 amide bonds. The number of benzene rings is 2. The molecule has 0 aromatic heterocycles. The zero-order valence-electron chi connectivity index (χ0n) is 21.4. The van der Waals surface area contributed by atoms with Crippen molar-refractivity contribution >= 4 is 11.8 Å². The smallest absolute Gasteiger partial charge is 0.164 e. The molecule has 0 aliphatic carbocycles. The quantitative estimate of drug-likeness (QED) is 0.443. The molecular weight excluding hydrogens is 494 g/mol. The van der Waals surface area contributed by atoms with E-state index < -0.39 is 42.9 Å². The zero-order valence-corrected chi connectivity index (χ0v) is 22.2. The zero-order chi connectivity index (χ0) is 26.2. The van der Waals surface area contributed by atoms with Crippen LogP contribution in [0.25, 0.3) is 0 Å². The van der Waals surface area contributed by atoms with E-state index in [1.807, 2.05) is 62.4 Å². The van der Waals surface area contributed by atoms with E-state index in [4.69, 9.17) is 18.9 Å². The molecule has 0 spiro atoms. The summed E-state index contributed by atoms with van der Waals surface area (Å²) in [6.07, 6.45) is -4.58. The van der Waals surface area contributed by atoms with Crippen molar-refractivity contribution in [1.29, 1.82) is 0 Å². The Balaban J connectivity index is 1.55. The average molecular weight is 532 g/mol. The highest BCUT2D eigenvalue weighted by atomic mass is 32.2. The summed E-state index contributed by atoms with van der Waals surface area (Å²) in [5.41, 5.74) is 1.17. The van der Waals surface area contributed by atoms with E-state index in [1.54, 1.807) is 11.8 Å². The number of ether oxygens (including phenoxy) is 4. The molecule has 3 fully saturated rings. The fourth-order valence-corrected chi connectivity index (χ4v) is 7.48. The van der Waals surface area contributed by atoms with Crippen molar-refractivity contribution in [3.05, 3.63) is 66.2 Å². The van der Waals surface area contributed by atoms with Crippen LogP contribution in [0.1, 0.15) is 19.4 Å². The Bertz CT molecular complexity index is 1010. The highest BCUT2D eigenvalue weighted by molar-refractivity contribution is 8.00. The lowest BCUT2D eigenvalue weighted by atomic mass is 9.84. The van der Waals surface area contributed by atoms with Crippen LogP contribution in [0.5, 0.6) is 0 Å². The largest absolute Gasteiger partial charge is 0.394 e. The second-order valence-corrected chi connectivity index (χ2v) is 11.7. The fraction of sp³-hybridized carbons (Fsp3) is 0.571. The molecule has 9 heteroatoms. The Kier molecular flexibility index (Phi) is 8.26. The monoisotopic (exact) mass is 531 g/mol. The van der Waals surface area contributed by atoms with Gasteiger partial charge in [-0.3, -0.25) is 4.90 Å². The van der Waals surface area contributed by atoms with Gasteiger partial charge in [0.2, 0.25) is 0 Å². The molecule has 8 nitrogen and oxygen atoms in total. The summed E-state index contributed by atoms with van der Waals surface area (Å²) in [7, 11) is 1.53. The maximum absolute atomic E-state index is 11.4. The molecule has 2 aromatic carbocycles. The van der Waals surface area contributed by atoms with Gasteiger partial charge in [0.15, 0.2) is 12.1 Å². The summed E-state index contributed by atoms with van der Waals surface area (Å²) >= 11 is 1.62. The highest BCUT2D eigenvalue weighted by Gasteiger charge is 2.59. The molecule has 3 aliphatic rings. The van der Waals surface area contributed by atoms with Crippen LogP contribution in [-0.4, -0.2) is 94.4 Å². The number of rotatable bonds is 8. The standard InChI is InChI=1S/C28H37NO7S/c1-28(2)35-19-15-29(14-17-10-6-4-7-11-17)22(25(19)36-28)26(37-18-12-8-5-9-13-18)21-24(32)23(31)20(16-30)34-27(21)33-3/h4-13,19-27,30-32H,14-16H2,1-3H3/t19-,20+,21-,22-,23+,24-,25-,26?,27-/m0/s1. The van der Waals surface area contributed by atoms with Crippen molar-refractivity contribution in [1.82, 2.24) is 4.90 Å². The minimum absolute atomic E-state index is 0.139. The summed E-state index contributed by atoms with van der Waals surface area (Å²) in [5, 5.41) is 31.8. The van der Waals surface area contributed by atoms with Crippen LogP contribution < -0.4 is 0 Å². The van der Waals surface area contributed by atoms with Gasteiger partial charge in [0.1, 0.15) is 24.4 Å². The van der Waals surface area contributed by atoms with Crippen LogP contribution in [0.4, 0.5) is 0 Å². The predicted octanol–water partition coefficient (Wildman–Crippen LogP) is 2.25. The Morgan fingerprint density at radius 1 is 1.03 bits per heavy atom. The van der Waals surface area contributed by atoms with E-state index in [0.717, 1.165) is 4.90 Å². The molecular formula is C28H37NO7S. The fourth-order valence-electron chi connectivity index (χ4n) is 5.93. The molecule has 1 unspecified atom stereocenters. The first kappa shape index (κ1) is 27.1. The molecule has 0 bridgehead atoms. The van der Waals surface area contributed by atoms with E-state index in [9.17, 15) is 15.3 Å². The lowest BCUT2D eigenvalue weighted by molar-refractivity contribution is -0.280. The lowest BCUT2D eigenvalue weighted by Crippen LogP contribution is -2.62. The second-order valence-electron chi connectivity index (χ2n) is 10.5. The van der Waals surface area contributed by atoms with Crippen LogP contribution in [-0.2, 0) is 25.5 Å². The van der Waals surface area contributed by atoms with Crippen LogP contribution in [0.2, 0.25) is 0 Å². The number of fused-ring (bicyclic) bond motifs is 1. The maximum Gasteiger partial charge on any atom is 0.164 e. The van der Waals surface area contributed by atoms with Crippen LogP contribution in [0.15, 0.2) is 65.6 Å². The molecule has 0 saturated carbocycles. The van der Waals surface area contributed by atoms with Gasteiger partial charge >= 0.3 is 0 Å². The van der Waals surface area contributed by atoms with Crippen molar-refractivity contribution in [2.24, 2.45) is 5.92 Å². The summed E-state index contributed by atoms with van der Waals surface area (Å²) < 4.78 is 24.5. The summed E-state index contributed by atoms with van der Waals surface area (Å²) in [6.45, 7) is 4.79. The van der Waals surface area contributed by atoms with Crippen LogP contribution in [0, 0.1) is 5.92 Å². The van der Waals surface area contributed by atoms with E-state index in [2.05, 4.69) is 17.0 Å². The first-order valence-corrected chi connectivity index (χ1v) is 13.7. The summed E-state index contributed by atoms with van der Waals surface area (Å²) in [6, 6.07) is 20.1. The molecule has 3 saturated heterocycles. The van der Waals surface area contributed by atoms with Crippen molar-refractivity contribution in [3.63, 3.8) is 0 Å². The van der Waals surface area contributed by atoms with Gasteiger partial charge in [0, 0.05) is 30.3 Å². The van der Waals surface area contributed by atoms with E-state index in [-0.39, 0.29) is 23.5 Å². The van der Waals surface area contributed by atoms with Gasteiger partial charge in [-0.15, -0.1) is 11.8 Å². The normalized spacial score (nSPS) is 36.4. The Morgan fingerprint density at radius 2 is 1.70 bits per heavy atom. The number of hydrogen-bond donors (Lipinski definition) is 3. The Hall–Kier alpha value is -1.53. The second kappa shape index (κ2) is 11.3. The van der Waals surface area contributed by atoms with Crippen molar-refractivity contribution in [2.45, 2.75) is 79.2 Å². The molecule has 5 rings (SSSR count). The van der Waals surface area contributed by atoms with Crippen LogP contribution in [0.3, 0.4) is 0 Å². The van der Waals surface area contributed by atoms with Gasteiger partial charge < -0.3 is 34.3 Å². The number of thioether (sulfide) groups is 1. The predicted molar refractivity (Wildman–Crippen MR) is 139 cm³/mol. The van der Waals surface area contributed by atoms with Crippen LogP contribution >= 0.6 is 11.8 Å². The molecule has 0 radical (unpaired) electrons. The first-order valence-electron chi connectivity index (χ1n) is 12.8. The molecule has 3 aliphatic heterocycles. The molecule has 2 aromatic rings. The van der Waals surface area contributed by atoms with Crippen molar-refractivity contribution in [3.8, 4) is 0 Å². The van der Waals surface area contributed by atoms with Gasteiger partial charge in [-0.05, 0) is 31.5 Å². The number of methoxy groups -OCH3 is 1. The van der Waals surface area contributed by atoms with E-state index in [0.29, 0.717) is 13.1 Å². The topological polar surface area (TPSA) is 101 Å². The minimum Gasteiger partial charge on any atom is -0.394 e. The maximum atomic E-state index is 11.4. The third-order valence-electron chi connectivity index (χ3n) is 7.51. The average Bonchev–Trinajstić information content (AvgIpc) is 3.36. The number of likely N-dealkylation sites (tertiary alicyclic amines) is 1. The number of aliphatic hydroxyl groups is 3. The molecule has 202 valence electrons. The third kappa shape index (κ3) is 5.61. The van der Waals surface area contributed by atoms with Gasteiger partial charge in [0.05, 0.1) is 24.7 Å². The first-order chi connectivity index (χ1) is 17.8. The van der Waals surface area contributed by atoms with Gasteiger partial charge in [0.25, 0.3) is 0 Å². The van der Waals surface area contributed by atoms with Crippen molar-refractivity contribution < 1.29 is 34.3 Å². The highest BCUT2D eigenvalue weighted by Crippen LogP contribution is 2.47. The summed E-state index contributed by atoms with van der Waals surface area (Å²) in [5.74, 6) is -1.33. The van der Waals surface area contributed by atoms with Crippen molar-refractivity contribution in [2.75, 3.05) is 20.3 Å². The SMILES string of the molecule is CO[C@H]1O[C@H](CO)[C@@H](O)[C@@H](O)[C@H]1C(Sc1ccccc1)[C@@H]1[C@H]2OC(C)(C)O[C@H]2CN1Cc1ccccc1. The minimum atomic E-state index is -1.25. The third-order valence-corrected chi connectivity index (χ3v) is 8.92. The Morgan fingerprint density at radius 3 is 2.35 bits per heavy atom. The molecule has 3 heterocycles. The molecule has 37 heavy (non-hydrogen) atoms. The Labute approximate surface area is 222 Å². The number of hydrogen-bond acceptors (Lipinski definition) is 9. The molecule has 9 atom stereocenters.